The number of rotatable bonds is 1. The van der Waals surface area contributed by atoms with Gasteiger partial charge in [-0.2, -0.15) is 0 Å². The summed E-state index contributed by atoms with van der Waals surface area (Å²) in [5.74, 6) is -0.423. The van der Waals surface area contributed by atoms with Gasteiger partial charge in [-0.25, -0.2) is 4.39 Å². The van der Waals surface area contributed by atoms with Crippen molar-refractivity contribution in [2.75, 3.05) is 0 Å². The lowest BCUT2D eigenvalue weighted by molar-refractivity contribution is 0.265. The van der Waals surface area contributed by atoms with Crippen LogP contribution in [0.3, 0.4) is 0 Å². The molecule has 98 valence electrons. The Bertz CT molecular complexity index is 651. The van der Waals surface area contributed by atoms with Gasteiger partial charge in [-0.05, 0) is 30.6 Å². The number of hydrogen-bond donors (Lipinski definition) is 1. The van der Waals surface area contributed by atoms with Gasteiger partial charge in [-0.15, -0.1) is 0 Å². The molecule has 1 atom stereocenters. The van der Waals surface area contributed by atoms with Crippen molar-refractivity contribution in [1.82, 2.24) is 9.55 Å². The van der Waals surface area contributed by atoms with Crippen LogP contribution < -0.4 is 0 Å². The van der Waals surface area contributed by atoms with Crippen LogP contribution in [-0.2, 0) is 0 Å². The Hall–Kier alpha value is -0.870. The minimum atomic E-state index is -0.423. The summed E-state index contributed by atoms with van der Waals surface area (Å²) in [4.78, 5) is 3.07. The van der Waals surface area contributed by atoms with Gasteiger partial charge in [0.25, 0.3) is 0 Å². The van der Waals surface area contributed by atoms with Crippen molar-refractivity contribution >= 4 is 34.9 Å². The smallest absolute Gasteiger partial charge is 0.178 e. The second-order valence-corrected chi connectivity index (χ2v) is 6.42. The fourth-order valence-corrected chi connectivity index (χ4v) is 2.42. The number of nitrogens with zero attached hydrogens (tertiary/aromatic N) is 1. The summed E-state index contributed by atoms with van der Waals surface area (Å²) in [5.41, 5.74) is 1.55. The van der Waals surface area contributed by atoms with E-state index in [1.807, 2.05) is 4.57 Å². The number of halogens is 2. The maximum Gasteiger partial charge on any atom is 0.178 e. The average Bonchev–Trinajstić information content (AvgIpc) is 2.52. The molecule has 2 aromatic rings. The number of benzene rings is 1. The summed E-state index contributed by atoms with van der Waals surface area (Å²) >= 11 is 11.1. The summed E-state index contributed by atoms with van der Waals surface area (Å²) in [7, 11) is 0. The van der Waals surface area contributed by atoms with Crippen LogP contribution in [0.25, 0.3) is 11.0 Å². The molecule has 2 rings (SSSR count). The van der Waals surface area contributed by atoms with E-state index >= 15 is 0 Å². The van der Waals surface area contributed by atoms with E-state index in [4.69, 9.17) is 23.8 Å². The van der Waals surface area contributed by atoms with Gasteiger partial charge in [0.15, 0.2) is 4.77 Å². The first-order valence-corrected chi connectivity index (χ1v) is 6.59. The van der Waals surface area contributed by atoms with Crippen LogP contribution in [0.5, 0.6) is 0 Å². The number of fused-ring (bicyclic) bond motifs is 1. The Morgan fingerprint density at radius 2 is 2.00 bits per heavy atom. The first kappa shape index (κ1) is 13.6. The molecule has 0 aliphatic rings. The molecular formula is C13H16ClFN2S. The minimum absolute atomic E-state index is 0.0312. The topological polar surface area (TPSA) is 20.7 Å². The lowest BCUT2D eigenvalue weighted by Gasteiger charge is -2.29. The molecule has 0 saturated heterocycles. The third-order valence-electron chi connectivity index (χ3n) is 3.40. The van der Waals surface area contributed by atoms with Gasteiger partial charge < -0.3 is 9.55 Å². The van der Waals surface area contributed by atoms with E-state index in [1.54, 1.807) is 6.07 Å². The number of nitrogens with one attached hydrogen (secondary N) is 1. The average molecular weight is 287 g/mol. The highest BCUT2D eigenvalue weighted by Gasteiger charge is 2.24. The quantitative estimate of drug-likeness (QED) is 0.724. The molecule has 0 aliphatic heterocycles. The molecule has 0 saturated carbocycles. The van der Waals surface area contributed by atoms with E-state index < -0.39 is 5.82 Å². The summed E-state index contributed by atoms with van der Waals surface area (Å²) in [5, 5.41) is 0.106. The maximum atomic E-state index is 13.6. The van der Waals surface area contributed by atoms with Crippen LogP contribution >= 0.6 is 23.8 Å². The molecule has 0 radical (unpaired) electrons. The number of hydrogen-bond acceptors (Lipinski definition) is 1. The third kappa shape index (κ3) is 2.19. The molecule has 1 N–H and O–H groups in total. The Kier molecular flexibility index (Phi) is 3.28. The molecular weight excluding hydrogens is 271 g/mol. The predicted molar refractivity (Wildman–Crippen MR) is 76.3 cm³/mol. The molecule has 0 amide bonds. The summed E-state index contributed by atoms with van der Waals surface area (Å²) in [6.07, 6.45) is 0. The van der Waals surface area contributed by atoms with Crippen LogP contribution in [0.15, 0.2) is 12.1 Å². The van der Waals surface area contributed by atoms with Crippen LogP contribution in [0.4, 0.5) is 4.39 Å². The van der Waals surface area contributed by atoms with E-state index in [0.717, 1.165) is 11.0 Å². The van der Waals surface area contributed by atoms with Crippen LogP contribution in [0, 0.1) is 16.0 Å². The Labute approximate surface area is 116 Å². The molecule has 1 aromatic carbocycles. The summed E-state index contributed by atoms with van der Waals surface area (Å²) < 4.78 is 16.1. The molecule has 1 unspecified atom stereocenters. The number of imidazole rings is 1. The molecule has 0 spiro atoms. The van der Waals surface area contributed by atoms with E-state index in [0.29, 0.717) is 4.77 Å². The van der Waals surface area contributed by atoms with Crippen molar-refractivity contribution in [1.29, 1.82) is 0 Å². The monoisotopic (exact) mass is 286 g/mol. The van der Waals surface area contributed by atoms with Crippen LogP contribution in [0.1, 0.15) is 33.7 Å². The van der Waals surface area contributed by atoms with Crippen molar-refractivity contribution in [3.63, 3.8) is 0 Å². The maximum absolute atomic E-state index is 13.6. The van der Waals surface area contributed by atoms with Crippen molar-refractivity contribution in [3.05, 3.63) is 27.7 Å². The molecule has 18 heavy (non-hydrogen) atoms. The van der Waals surface area contributed by atoms with Gasteiger partial charge in [0, 0.05) is 12.1 Å². The Morgan fingerprint density at radius 3 is 2.56 bits per heavy atom. The second-order valence-electron chi connectivity index (χ2n) is 5.63. The largest absolute Gasteiger partial charge is 0.331 e. The SMILES string of the molecule is CC(n1c(=S)[nH]c2cc(Cl)c(F)cc21)C(C)(C)C. The van der Waals surface area contributed by atoms with E-state index in [2.05, 4.69) is 32.7 Å². The first-order valence-electron chi connectivity index (χ1n) is 5.81. The van der Waals surface area contributed by atoms with Gasteiger partial charge in [-0.1, -0.05) is 32.4 Å². The normalized spacial score (nSPS) is 14.1. The molecule has 0 bridgehead atoms. The van der Waals surface area contributed by atoms with Crippen molar-refractivity contribution in [2.24, 2.45) is 5.41 Å². The fraction of sp³-hybridized carbons (Fsp3) is 0.462. The van der Waals surface area contributed by atoms with Gasteiger partial charge in [-0.3, -0.25) is 0 Å². The molecule has 5 heteroatoms. The number of H-pyrrole nitrogens is 1. The molecule has 0 aliphatic carbocycles. The Balaban J connectivity index is 2.75. The Morgan fingerprint density at radius 1 is 1.39 bits per heavy atom. The van der Waals surface area contributed by atoms with Gasteiger partial charge in [0.05, 0.1) is 16.1 Å². The van der Waals surface area contributed by atoms with E-state index in [9.17, 15) is 4.39 Å². The fourth-order valence-electron chi connectivity index (χ4n) is 1.89. The highest BCUT2D eigenvalue weighted by molar-refractivity contribution is 7.71. The predicted octanol–water partition coefficient (Wildman–Crippen LogP) is 5.10. The standard InChI is InChI=1S/C13H16ClFN2S/c1-7(13(2,3)4)17-11-6-9(15)8(14)5-10(11)16-12(17)18/h5-7H,1-4H3,(H,16,18). The molecule has 1 aromatic heterocycles. The zero-order valence-electron chi connectivity index (χ0n) is 10.8. The second kappa shape index (κ2) is 4.35. The lowest BCUT2D eigenvalue weighted by Crippen LogP contribution is -2.21. The third-order valence-corrected chi connectivity index (χ3v) is 3.99. The van der Waals surface area contributed by atoms with Crippen LogP contribution in [-0.4, -0.2) is 9.55 Å². The van der Waals surface area contributed by atoms with E-state index in [1.165, 1.54) is 6.07 Å². The zero-order chi connectivity index (χ0) is 13.7. The van der Waals surface area contributed by atoms with Gasteiger partial charge in [0.1, 0.15) is 5.82 Å². The van der Waals surface area contributed by atoms with E-state index in [-0.39, 0.29) is 16.5 Å². The van der Waals surface area contributed by atoms with Crippen molar-refractivity contribution in [2.45, 2.75) is 33.7 Å². The van der Waals surface area contributed by atoms with Crippen molar-refractivity contribution < 1.29 is 4.39 Å². The lowest BCUT2D eigenvalue weighted by atomic mass is 9.88. The first-order chi connectivity index (χ1) is 8.21. The molecule has 0 fully saturated rings. The van der Waals surface area contributed by atoms with Gasteiger partial charge >= 0.3 is 0 Å². The molecule has 1 heterocycles. The zero-order valence-corrected chi connectivity index (χ0v) is 12.4. The van der Waals surface area contributed by atoms with Gasteiger partial charge in [0.2, 0.25) is 0 Å². The number of aromatic amines is 1. The highest BCUT2D eigenvalue weighted by Crippen LogP contribution is 2.34. The van der Waals surface area contributed by atoms with Crippen LogP contribution in [0.2, 0.25) is 5.02 Å². The molecule has 2 nitrogen and oxygen atoms in total. The minimum Gasteiger partial charge on any atom is -0.331 e. The summed E-state index contributed by atoms with van der Waals surface area (Å²) in [6, 6.07) is 3.17. The highest BCUT2D eigenvalue weighted by atomic mass is 35.5. The number of aromatic nitrogens is 2. The van der Waals surface area contributed by atoms with Crippen molar-refractivity contribution in [3.8, 4) is 0 Å². The summed E-state index contributed by atoms with van der Waals surface area (Å²) in [6.45, 7) is 8.47.